The van der Waals surface area contributed by atoms with E-state index >= 15 is 0 Å². The lowest BCUT2D eigenvalue weighted by Crippen LogP contribution is -2.44. The SMILES string of the molecule is CN1CCN(c2ccc3nc(C#N)nc(NCCc4ccccc4Cl)c3c2)CC1. The van der Waals surface area contributed by atoms with Crippen LogP contribution in [0.25, 0.3) is 10.9 Å². The summed E-state index contributed by atoms with van der Waals surface area (Å²) in [4.78, 5) is 13.5. The van der Waals surface area contributed by atoms with Crippen LogP contribution in [0.4, 0.5) is 11.5 Å². The molecule has 0 atom stereocenters. The molecule has 29 heavy (non-hydrogen) atoms. The van der Waals surface area contributed by atoms with Crippen molar-refractivity contribution in [1.29, 1.82) is 5.26 Å². The van der Waals surface area contributed by atoms with Crippen LogP contribution in [0.2, 0.25) is 5.02 Å². The second kappa shape index (κ2) is 8.64. The van der Waals surface area contributed by atoms with E-state index in [2.05, 4.69) is 50.3 Å². The third kappa shape index (κ3) is 4.42. The molecule has 1 N–H and O–H groups in total. The zero-order chi connectivity index (χ0) is 20.2. The summed E-state index contributed by atoms with van der Waals surface area (Å²) in [7, 11) is 2.15. The minimum Gasteiger partial charge on any atom is -0.369 e. The second-order valence-electron chi connectivity index (χ2n) is 7.27. The molecular weight excluding hydrogens is 384 g/mol. The van der Waals surface area contributed by atoms with Gasteiger partial charge in [-0.1, -0.05) is 29.8 Å². The van der Waals surface area contributed by atoms with Gasteiger partial charge in [0, 0.05) is 48.8 Å². The Bertz CT molecular complexity index is 1050. The molecule has 2 aromatic carbocycles. The fraction of sp³-hybridized carbons (Fsp3) is 0.318. The summed E-state index contributed by atoms with van der Waals surface area (Å²) in [5, 5.41) is 14.4. The molecule has 2 heterocycles. The normalized spacial score (nSPS) is 14.7. The molecule has 0 bridgehead atoms. The van der Waals surface area contributed by atoms with Gasteiger partial charge in [0.1, 0.15) is 11.9 Å². The number of benzene rings is 2. The molecule has 1 fully saturated rings. The Morgan fingerprint density at radius 2 is 1.90 bits per heavy atom. The predicted octanol–water partition coefficient (Wildman–Crippen LogP) is 3.56. The molecular formula is C22H23ClN6. The smallest absolute Gasteiger partial charge is 0.234 e. The van der Waals surface area contributed by atoms with Crippen LogP contribution in [0.3, 0.4) is 0 Å². The highest BCUT2D eigenvalue weighted by Crippen LogP contribution is 2.27. The molecule has 1 aromatic heterocycles. The summed E-state index contributed by atoms with van der Waals surface area (Å²) in [5.41, 5.74) is 3.02. The van der Waals surface area contributed by atoms with E-state index in [1.807, 2.05) is 30.3 Å². The van der Waals surface area contributed by atoms with Crippen molar-refractivity contribution in [2.45, 2.75) is 6.42 Å². The molecule has 0 aliphatic carbocycles. The molecule has 0 amide bonds. The van der Waals surface area contributed by atoms with Crippen molar-refractivity contribution in [3.63, 3.8) is 0 Å². The van der Waals surface area contributed by atoms with Crippen LogP contribution in [0.1, 0.15) is 11.4 Å². The highest BCUT2D eigenvalue weighted by molar-refractivity contribution is 6.31. The Hall–Kier alpha value is -2.88. The number of piperazine rings is 1. The topological polar surface area (TPSA) is 68.1 Å². The van der Waals surface area contributed by atoms with Gasteiger partial charge in [0.2, 0.25) is 5.82 Å². The van der Waals surface area contributed by atoms with Crippen molar-refractivity contribution in [2.24, 2.45) is 0 Å². The number of anilines is 2. The molecule has 3 aromatic rings. The third-order valence-corrected chi connectivity index (χ3v) is 5.66. The summed E-state index contributed by atoms with van der Waals surface area (Å²) < 4.78 is 0. The Kier molecular flexibility index (Phi) is 5.79. The van der Waals surface area contributed by atoms with Gasteiger partial charge >= 0.3 is 0 Å². The van der Waals surface area contributed by atoms with Crippen LogP contribution in [-0.2, 0) is 6.42 Å². The molecule has 1 aliphatic rings. The summed E-state index contributed by atoms with van der Waals surface area (Å²) in [6, 6.07) is 16.1. The predicted molar refractivity (Wildman–Crippen MR) is 118 cm³/mol. The fourth-order valence-electron chi connectivity index (χ4n) is 3.58. The van der Waals surface area contributed by atoms with Gasteiger partial charge in [-0.2, -0.15) is 5.26 Å². The Morgan fingerprint density at radius 3 is 2.66 bits per heavy atom. The molecule has 1 saturated heterocycles. The standard InChI is InChI=1S/C22H23ClN6/c1-28-10-12-29(13-11-28)17-6-7-20-18(14-17)22(27-21(15-24)26-20)25-9-8-16-4-2-3-5-19(16)23/h2-7,14H,8-13H2,1H3,(H,25,26,27). The summed E-state index contributed by atoms with van der Waals surface area (Å²) in [6.45, 7) is 4.75. The van der Waals surface area contributed by atoms with Gasteiger partial charge in [0.25, 0.3) is 0 Å². The van der Waals surface area contributed by atoms with E-state index in [1.54, 1.807) is 0 Å². The monoisotopic (exact) mass is 406 g/mol. The lowest BCUT2D eigenvalue weighted by molar-refractivity contribution is 0.313. The average molecular weight is 407 g/mol. The molecule has 148 valence electrons. The van der Waals surface area contributed by atoms with Crippen molar-refractivity contribution in [3.05, 3.63) is 58.9 Å². The maximum atomic E-state index is 9.31. The van der Waals surface area contributed by atoms with Gasteiger partial charge in [-0.15, -0.1) is 0 Å². The number of aromatic nitrogens is 2. The first-order valence-corrected chi connectivity index (χ1v) is 10.1. The average Bonchev–Trinajstić information content (AvgIpc) is 2.75. The summed E-state index contributed by atoms with van der Waals surface area (Å²) in [6.07, 6.45) is 0.769. The molecule has 7 heteroatoms. The van der Waals surface area contributed by atoms with Crippen LogP contribution in [0, 0.1) is 11.3 Å². The van der Waals surface area contributed by atoms with Crippen molar-refractivity contribution < 1.29 is 0 Å². The largest absolute Gasteiger partial charge is 0.369 e. The fourth-order valence-corrected chi connectivity index (χ4v) is 3.81. The Balaban J connectivity index is 1.59. The number of rotatable bonds is 5. The number of nitriles is 1. The summed E-state index contributed by atoms with van der Waals surface area (Å²) in [5.74, 6) is 0.861. The van der Waals surface area contributed by atoms with E-state index in [9.17, 15) is 5.26 Å². The van der Waals surface area contributed by atoms with Crippen molar-refractivity contribution in [3.8, 4) is 6.07 Å². The van der Waals surface area contributed by atoms with Crippen LogP contribution >= 0.6 is 11.6 Å². The maximum absolute atomic E-state index is 9.31. The van der Waals surface area contributed by atoms with Crippen LogP contribution in [-0.4, -0.2) is 54.6 Å². The van der Waals surface area contributed by atoms with Crippen LogP contribution < -0.4 is 10.2 Å². The lowest BCUT2D eigenvalue weighted by Gasteiger charge is -2.34. The maximum Gasteiger partial charge on any atom is 0.234 e. The van der Waals surface area contributed by atoms with Gasteiger partial charge in [0.05, 0.1) is 5.52 Å². The molecule has 4 rings (SSSR count). The van der Waals surface area contributed by atoms with E-state index in [0.717, 1.165) is 59.8 Å². The quantitative estimate of drug-likeness (QED) is 0.698. The van der Waals surface area contributed by atoms with E-state index in [1.165, 1.54) is 0 Å². The highest BCUT2D eigenvalue weighted by Gasteiger charge is 2.16. The minimum absolute atomic E-state index is 0.171. The number of likely N-dealkylation sites (N-methyl/N-ethyl adjacent to an activating group) is 1. The first kappa shape index (κ1) is 19.4. The molecule has 1 aliphatic heterocycles. The first-order chi connectivity index (χ1) is 14.1. The number of nitrogens with zero attached hydrogens (tertiary/aromatic N) is 5. The Morgan fingerprint density at radius 1 is 1.10 bits per heavy atom. The third-order valence-electron chi connectivity index (χ3n) is 5.29. The van der Waals surface area contributed by atoms with Crippen LogP contribution in [0.5, 0.6) is 0 Å². The van der Waals surface area contributed by atoms with Crippen molar-refractivity contribution in [2.75, 3.05) is 50.0 Å². The van der Waals surface area contributed by atoms with Gasteiger partial charge in [0.15, 0.2) is 0 Å². The highest BCUT2D eigenvalue weighted by atomic mass is 35.5. The van der Waals surface area contributed by atoms with E-state index in [4.69, 9.17) is 11.6 Å². The molecule has 0 saturated carbocycles. The van der Waals surface area contributed by atoms with Gasteiger partial charge < -0.3 is 15.1 Å². The molecule has 0 unspecified atom stereocenters. The van der Waals surface area contributed by atoms with E-state index in [0.29, 0.717) is 12.4 Å². The number of fused-ring (bicyclic) bond motifs is 1. The van der Waals surface area contributed by atoms with Gasteiger partial charge in [-0.25, -0.2) is 9.97 Å². The zero-order valence-corrected chi connectivity index (χ0v) is 17.2. The molecule has 6 nitrogen and oxygen atoms in total. The van der Waals surface area contributed by atoms with Gasteiger partial charge in [-0.3, -0.25) is 0 Å². The Labute approximate surface area is 175 Å². The van der Waals surface area contributed by atoms with Crippen molar-refractivity contribution in [1.82, 2.24) is 14.9 Å². The second-order valence-corrected chi connectivity index (χ2v) is 7.67. The van der Waals surface area contributed by atoms with E-state index in [-0.39, 0.29) is 5.82 Å². The van der Waals surface area contributed by atoms with Crippen LogP contribution in [0.15, 0.2) is 42.5 Å². The van der Waals surface area contributed by atoms with E-state index < -0.39 is 0 Å². The first-order valence-electron chi connectivity index (χ1n) is 9.77. The van der Waals surface area contributed by atoms with Gasteiger partial charge in [-0.05, 0) is 43.3 Å². The number of hydrogen-bond acceptors (Lipinski definition) is 6. The summed E-state index contributed by atoms with van der Waals surface area (Å²) >= 11 is 6.26. The van der Waals surface area contributed by atoms with Crippen molar-refractivity contribution >= 4 is 34.0 Å². The number of hydrogen-bond donors (Lipinski definition) is 1. The zero-order valence-electron chi connectivity index (χ0n) is 16.4. The lowest BCUT2D eigenvalue weighted by atomic mass is 10.1. The number of halogens is 1. The minimum atomic E-state index is 0.171. The molecule has 0 radical (unpaired) electrons. The number of nitrogens with one attached hydrogen (secondary N) is 1. The molecule has 0 spiro atoms.